The van der Waals surface area contributed by atoms with Crippen molar-refractivity contribution >= 4 is 40.7 Å². The van der Waals surface area contributed by atoms with Crippen LogP contribution in [0.15, 0.2) is 36.4 Å². The highest BCUT2D eigenvalue weighted by Gasteiger charge is 2.60. The summed E-state index contributed by atoms with van der Waals surface area (Å²) >= 11 is 12.3. The second kappa shape index (κ2) is 12.7. The van der Waals surface area contributed by atoms with E-state index in [4.69, 9.17) is 23.2 Å². The number of rotatable bonds is 6. The summed E-state index contributed by atoms with van der Waals surface area (Å²) in [6.07, 6.45) is 0.832. The lowest BCUT2D eigenvalue weighted by Gasteiger charge is -2.31. The molecule has 218 valence electrons. The van der Waals surface area contributed by atoms with Gasteiger partial charge in [0.05, 0.1) is 16.5 Å². The van der Waals surface area contributed by atoms with Crippen LogP contribution in [0.4, 0.5) is 10.1 Å². The molecule has 0 aliphatic carbocycles. The average molecular weight is 593 g/mol. The van der Waals surface area contributed by atoms with Gasteiger partial charge in [0.15, 0.2) is 0 Å². The average Bonchev–Trinajstić information content (AvgIpc) is 3.41. The van der Waals surface area contributed by atoms with Gasteiger partial charge in [-0.25, -0.2) is 4.39 Å². The molecule has 3 atom stereocenters. The number of fused-ring (bicyclic) bond motifs is 2. The fourth-order valence-corrected chi connectivity index (χ4v) is 5.99. The van der Waals surface area contributed by atoms with Gasteiger partial charge < -0.3 is 26.2 Å². The maximum atomic E-state index is 14.5. The van der Waals surface area contributed by atoms with Crippen LogP contribution < -0.4 is 21.3 Å². The Balaban J connectivity index is 0.000000681. The Hall–Kier alpha value is -2.23. The number of carbonyl (C=O) groups is 2. The van der Waals surface area contributed by atoms with Crippen LogP contribution in [0.3, 0.4) is 0 Å². The zero-order valence-corrected chi connectivity index (χ0v) is 25.2. The van der Waals surface area contributed by atoms with Crippen LogP contribution >= 0.6 is 23.2 Å². The normalized spacial score (nSPS) is 24.3. The van der Waals surface area contributed by atoms with Gasteiger partial charge in [-0.1, -0.05) is 63.0 Å². The number of nitrogens with zero attached hydrogens (tertiary/aromatic N) is 1. The summed E-state index contributed by atoms with van der Waals surface area (Å²) in [6.45, 7) is 14.4. The Morgan fingerprint density at radius 3 is 2.52 bits per heavy atom. The molecular formula is C30H40Cl2FN5O2. The topological polar surface area (TPSA) is 85.5 Å². The molecule has 0 radical (unpaired) electrons. The highest BCUT2D eigenvalue weighted by Crippen LogP contribution is 2.52. The molecule has 0 saturated carbocycles. The van der Waals surface area contributed by atoms with Gasteiger partial charge in [-0.3, -0.25) is 9.59 Å². The van der Waals surface area contributed by atoms with E-state index < -0.39 is 23.2 Å². The Bertz CT molecular complexity index is 1230. The van der Waals surface area contributed by atoms with Crippen LogP contribution in [-0.2, 0) is 15.0 Å². The zero-order chi connectivity index (χ0) is 29.1. The van der Waals surface area contributed by atoms with E-state index >= 15 is 0 Å². The molecule has 3 heterocycles. The Labute approximate surface area is 246 Å². The van der Waals surface area contributed by atoms with Gasteiger partial charge in [-0.05, 0) is 53.8 Å². The van der Waals surface area contributed by atoms with Crippen molar-refractivity contribution in [1.29, 1.82) is 0 Å². The van der Waals surface area contributed by atoms with E-state index in [2.05, 4.69) is 53.9 Å². The number of carbonyl (C=O) groups excluding carboxylic acids is 2. The maximum absolute atomic E-state index is 14.5. The first-order valence-corrected chi connectivity index (χ1v) is 14.7. The molecule has 4 N–H and O–H groups in total. The minimum atomic E-state index is -1.17. The minimum Gasteiger partial charge on any atom is -0.355 e. The third-order valence-electron chi connectivity index (χ3n) is 7.31. The highest BCUT2D eigenvalue weighted by molar-refractivity contribution is 6.31. The van der Waals surface area contributed by atoms with E-state index in [1.807, 2.05) is 6.07 Å². The van der Waals surface area contributed by atoms with Crippen molar-refractivity contribution in [3.8, 4) is 0 Å². The Morgan fingerprint density at radius 1 is 1.15 bits per heavy atom. The monoisotopic (exact) mass is 591 g/mol. The second-order valence-corrected chi connectivity index (χ2v) is 13.2. The second-order valence-electron chi connectivity index (χ2n) is 12.4. The third-order valence-corrected chi connectivity index (χ3v) is 7.83. The first-order chi connectivity index (χ1) is 18.9. The molecular weight excluding hydrogens is 552 g/mol. The van der Waals surface area contributed by atoms with Crippen molar-refractivity contribution in [2.75, 3.05) is 51.1 Å². The lowest BCUT2D eigenvalue weighted by atomic mass is 9.68. The molecule has 7 nitrogen and oxygen atoms in total. The first-order valence-electron chi connectivity index (χ1n) is 13.9. The van der Waals surface area contributed by atoms with E-state index in [9.17, 15) is 14.0 Å². The molecule has 10 heteroatoms. The first kappa shape index (κ1) is 30.7. The van der Waals surface area contributed by atoms with E-state index in [-0.39, 0.29) is 23.4 Å². The molecule has 3 aliphatic heterocycles. The van der Waals surface area contributed by atoms with Crippen LogP contribution in [0.1, 0.15) is 51.2 Å². The number of nitrogens with one attached hydrogen (secondary N) is 4. The number of hydrogen-bond acceptors (Lipinski definition) is 5. The molecule has 1 spiro atoms. The molecule has 2 aromatic rings. The summed E-state index contributed by atoms with van der Waals surface area (Å²) in [6, 6.07) is 9.20. The summed E-state index contributed by atoms with van der Waals surface area (Å²) in [5.74, 6) is -1.67. The molecule has 1 unspecified atom stereocenters. The van der Waals surface area contributed by atoms with E-state index in [0.717, 1.165) is 44.7 Å². The lowest BCUT2D eigenvalue weighted by molar-refractivity contribution is -0.123. The molecule has 5 rings (SSSR count). The molecule has 0 bridgehead atoms. The summed E-state index contributed by atoms with van der Waals surface area (Å²) in [5.41, 5.74) is 1.03. The van der Waals surface area contributed by atoms with E-state index in [1.54, 1.807) is 18.2 Å². The smallest absolute Gasteiger partial charge is 0.237 e. The van der Waals surface area contributed by atoms with Gasteiger partial charge in [0, 0.05) is 55.9 Å². The fraction of sp³-hybridized carbons (Fsp3) is 0.533. The minimum absolute atomic E-state index is 0.0647. The van der Waals surface area contributed by atoms with Crippen LogP contribution in [0.25, 0.3) is 0 Å². The van der Waals surface area contributed by atoms with Crippen molar-refractivity contribution < 1.29 is 14.0 Å². The molecule has 0 aromatic heterocycles. The molecule has 2 aromatic carbocycles. The van der Waals surface area contributed by atoms with E-state index in [0.29, 0.717) is 28.2 Å². The number of benzene rings is 2. The summed E-state index contributed by atoms with van der Waals surface area (Å²) < 4.78 is 14.5. The quantitative estimate of drug-likeness (QED) is 0.371. The molecule has 2 amide bonds. The Kier molecular flexibility index (Phi) is 9.78. The van der Waals surface area contributed by atoms with E-state index in [1.165, 1.54) is 12.1 Å². The number of hydrogen-bond donors (Lipinski definition) is 4. The fourth-order valence-electron chi connectivity index (χ4n) is 5.62. The summed E-state index contributed by atoms with van der Waals surface area (Å²) in [5, 5.41) is 12.9. The van der Waals surface area contributed by atoms with Gasteiger partial charge in [0.1, 0.15) is 5.82 Å². The number of piperazine rings is 1. The number of halogens is 3. The third kappa shape index (κ3) is 6.97. The SMILES string of the molecule is CC(C)(C)C.O=C(NCCCN1CCNCC1)[C@@H]1NC[C@]2(C(=O)Nc3cc(Cl)c(F)cc32)C1c1cccc(Cl)c1. The molecule has 3 aliphatic rings. The van der Waals surface area contributed by atoms with Crippen molar-refractivity contribution in [3.63, 3.8) is 0 Å². The molecule has 2 saturated heterocycles. The van der Waals surface area contributed by atoms with Gasteiger partial charge in [-0.2, -0.15) is 0 Å². The maximum Gasteiger partial charge on any atom is 0.237 e. The van der Waals surface area contributed by atoms with Crippen LogP contribution in [0, 0.1) is 11.2 Å². The van der Waals surface area contributed by atoms with Gasteiger partial charge in [0.2, 0.25) is 11.8 Å². The Morgan fingerprint density at radius 2 is 1.85 bits per heavy atom. The predicted molar refractivity (Wildman–Crippen MR) is 160 cm³/mol. The molecule has 2 fully saturated rings. The van der Waals surface area contributed by atoms with Crippen LogP contribution in [-0.4, -0.2) is 68.6 Å². The van der Waals surface area contributed by atoms with Crippen molar-refractivity contribution in [2.24, 2.45) is 5.41 Å². The van der Waals surface area contributed by atoms with Crippen LogP contribution in [0.2, 0.25) is 10.0 Å². The summed E-state index contributed by atoms with van der Waals surface area (Å²) in [4.78, 5) is 29.2. The van der Waals surface area contributed by atoms with Crippen molar-refractivity contribution in [1.82, 2.24) is 20.9 Å². The summed E-state index contributed by atoms with van der Waals surface area (Å²) in [7, 11) is 0. The van der Waals surface area contributed by atoms with Crippen molar-refractivity contribution in [2.45, 2.75) is 51.5 Å². The molecule has 40 heavy (non-hydrogen) atoms. The zero-order valence-electron chi connectivity index (χ0n) is 23.7. The van der Waals surface area contributed by atoms with Gasteiger partial charge in [0.25, 0.3) is 0 Å². The van der Waals surface area contributed by atoms with Crippen LogP contribution in [0.5, 0.6) is 0 Å². The van der Waals surface area contributed by atoms with Gasteiger partial charge >= 0.3 is 0 Å². The number of amides is 2. The lowest BCUT2D eigenvalue weighted by Crippen LogP contribution is -2.47. The highest BCUT2D eigenvalue weighted by atomic mass is 35.5. The standard InChI is InChI=1S/C25H28Cl2FN5O2.C5H12/c26-16-4-1-3-15(11-16)21-22(23(34)30-5-2-8-33-9-6-29-7-10-33)31-14-25(21)17-12-19(28)18(27)13-20(17)32-24(25)35;1-5(2,3)4/h1,3-4,11-13,21-22,29,31H,2,5-10,14H2,(H,30,34)(H,32,35);1-4H3/t21?,22-,25-;/m1./s1. The van der Waals surface area contributed by atoms with Crippen molar-refractivity contribution in [3.05, 3.63) is 63.4 Å². The number of anilines is 1. The van der Waals surface area contributed by atoms with Gasteiger partial charge in [-0.15, -0.1) is 0 Å². The predicted octanol–water partition coefficient (Wildman–Crippen LogP) is 4.54. The largest absolute Gasteiger partial charge is 0.355 e.